The molecule has 5 nitrogen and oxygen atoms in total. The summed E-state index contributed by atoms with van der Waals surface area (Å²) in [5.41, 5.74) is 0. The molecule has 2 rings (SSSR count). The lowest BCUT2D eigenvalue weighted by molar-refractivity contribution is -0.138. The molecule has 5 heteroatoms. The van der Waals surface area contributed by atoms with Crippen LogP contribution in [0.3, 0.4) is 0 Å². The maximum absolute atomic E-state index is 12.4. The van der Waals surface area contributed by atoms with Gasteiger partial charge in [-0.25, -0.2) is 0 Å². The highest BCUT2D eigenvalue weighted by molar-refractivity contribution is 5.79. The fourth-order valence-electron chi connectivity index (χ4n) is 2.77. The summed E-state index contributed by atoms with van der Waals surface area (Å²) in [6, 6.07) is 0. The summed E-state index contributed by atoms with van der Waals surface area (Å²) < 4.78 is 0. The summed E-state index contributed by atoms with van der Waals surface area (Å²) in [5, 5.41) is 3.22. The van der Waals surface area contributed by atoms with Crippen molar-refractivity contribution < 1.29 is 9.59 Å². The van der Waals surface area contributed by atoms with E-state index in [1.54, 1.807) is 0 Å². The van der Waals surface area contributed by atoms with E-state index in [1.807, 2.05) is 23.6 Å². The lowest BCUT2D eigenvalue weighted by Gasteiger charge is -2.34. The van der Waals surface area contributed by atoms with E-state index in [-0.39, 0.29) is 17.7 Å². The number of nitrogens with zero attached hydrogens (tertiary/aromatic N) is 2. The monoisotopic (exact) mass is 267 g/mol. The van der Waals surface area contributed by atoms with Crippen LogP contribution in [0.2, 0.25) is 0 Å². The number of amides is 2. The molecule has 0 radical (unpaired) electrons. The molecular weight excluding hydrogens is 242 g/mol. The maximum Gasteiger partial charge on any atom is 0.225 e. The van der Waals surface area contributed by atoms with Crippen LogP contribution >= 0.6 is 0 Å². The number of nitrogens with one attached hydrogen (secondary N) is 1. The highest BCUT2D eigenvalue weighted by atomic mass is 16.2. The first kappa shape index (κ1) is 14.3. The third kappa shape index (κ3) is 3.26. The molecule has 0 bridgehead atoms. The van der Waals surface area contributed by atoms with Crippen LogP contribution in [0.25, 0.3) is 0 Å². The standard InChI is InChI=1S/C14H25N3O2/c1-3-13(18)16-5-4-6-17(8-7-16)14(19)11(2)12-9-15-10-12/h11-12,15H,3-10H2,1-2H3. The molecule has 2 heterocycles. The molecule has 2 aliphatic heterocycles. The number of hydrogen-bond donors (Lipinski definition) is 1. The molecule has 0 saturated carbocycles. The normalized spacial score (nSPS) is 22.6. The molecule has 2 aliphatic rings. The Morgan fingerprint density at radius 3 is 2.37 bits per heavy atom. The van der Waals surface area contributed by atoms with Crippen LogP contribution < -0.4 is 5.32 Å². The maximum atomic E-state index is 12.4. The van der Waals surface area contributed by atoms with Gasteiger partial charge < -0.3 is 15.1 Å². The summed E-state index contributed by atoms with van der Waals surface area (Å²) in [6.45, 7) is 8.80. The SMILES string of the molecule is CCC(=O)N1CCCN(C(=O)C(C)C2CNC2)CC1. The predicted molar refractivity (Wildman–Crippen MR) is 73.6 cm³/mol. The van der Waals surface area contributed by atoms with Gasteiger partial charge in [0.25, 0.3) is 0 Å². The van der Waals surface area contributed by atoms with Gasteiger partial charge in [0.1, 0.15) is 0 Å². The molecule has 2 amide bonds. The largest absolute Gasteiger partial charge is 0.341 e. The van der Waals surface area contributed by atoms with Crippen molar-refractivity contribution >= 4 is 11.8 Å². The zero-order valence-corrected chi connectivity index (χ0v) is 12.0. The number of carbonyl (C=O) groups excluding carboxylic acids is 2. The van der Waals surface area contributed by atoms with Crippen molar-refractivity contribution in [2.24, 2.45) is 11.8 Å². The minimum atomic E-state index is 0.106. The van der Waals surface area contributed by atoms with Gasteiger partial charge in [-0.1, -0.05) is 13.8 Å². The highest BCUT2D eigenvalue weighted by Crippen LogP contribution is 2.19. The van der Waals surface area contributed by atoms with Crippen LogP contribution in [-0.2, 0) is 9.59 Å². The minimum Gasteiger partial charge on any atom is -0.341 e. The molecule has 1 N–H and O–H groups in total. The molecule has 19 heavy (non-hydrogen) atoms. The molecule has 1 atom stereocenters. The molecule has 0 aliphatic carbocycles. The lowest BCUT2D eigenvalue weighted by Crippen LogP contribution is -2.51. The van der Waals surface area contributed by atoms with Gasteiger partial charge in [0, 0.05) is 38.5 Å². The second-order valence-electron chi connectivity index (χ2n) is 5.62. The van der Waals surface area contributed by atoms with Crippen molar-refractivity contribution in [3.05, 3.63) is 0 Å². The zero-order valence-electron chi connectivity index (χ0n) is 12.0. The smallest absolute Gasteiger partial charge is 0.225 e. The van der Waals surface area contributed by atoms with E-state index in [1.165, 1.54) is 0 Å². The number of carbonyl (C=O) groups is 2. The van der Waals surface area contributed by atoms with E-state index in [9.17, 15) is 9.59 Å². The van der Waals surface area contributed by atoms with Crippen LogP contribution in [0, 0.1) is 11.8 Å². The van der Waals surface area contributed by atoms with Crippen LogP contribution in [-0.4, -0.2) is 60.9 Å². The first-order chi connectivity index (χ1) is 9.13. The van der Waals surface area contributed by atoms with Crippen LogP contribution in [0.15, 0.2) is 0 Å². The summed E-state index contributed by atoms with van der Waals surface area (Å²) >= 11 is 0. The summed E-state index contributed by atoms with van der Waals surface area (Å²) in [6.07, 6.45) is 1.45. The average molecular weight is 267 g/mol. The molecule has 108 valence electrons. The lowest BCUT2D eigenvalue weighted by atomic mass is 9.88. The average Bonchev–Trinajstić information content (AvgIpc) is 2.60. The first-order valence-corrected chi connectivity index (χ1v) is 7.40. The van der Waals surface area contributed by atoms with Crippen molar-refractivity contribution in [2.75, 3.05) is 39.3 Å². The van der Waals surface area contributed by atoms with Gasteiger partial charge >= 0.3 is 0 Å². The summed E-state index contributed by atoms with van der Waals surface area (Å²) in [5.74, 6) is 1.06. The van der Waals surface area contributed by atoms with Crippen molar-refractivity contribution in [3.63, 3.8) is 0 Å². The van der Waals surface area contributed by atoms with Gasteiger partial charge in [-0.3, -0.25) is 9.59 Å². The molecule has 0 aromatic heterocycles. The molecule has 2 fully saturated rings. The van der Waals surface area contributed by atoms with Crippen molar-refractivity contribution in [3.8, 4) is 0 Å². The second kappa shape index (κ2) is 6.37. The second-order valence-corrected chi connectivity index (χ2v) is 5.62. The van der Waals surface area contributed by atoms with E-state index in [2.05, 4.69) is 5.32 Å². The Morgan fingerprint density at radius 2 is 1.79 bits per heavy atom. The molecule has 1 unspecified atom stereocenters. The van der Waals surface area contributed by atoms with Crippen LogP contribution in [0.1, 0.15) is 26.7 Å². The van der Waals surface area contributed by atoms with Crippen LogP contribution in [0.4, 0.5) is 0 Å². The Hall–Kier alpha value is -1.10. The Balaban J connectivity index is 1.87. The quantitative estimate of drug-likeness (QED) is 0.801. The Bertz CT molecular complexity index is 342. The fourth-order valence-corrected chi connectivity index (χ4v) is 2.77. The van der Waals surface area contributed by atoms with E-state index in [0.717, 1.165) is 32.6 Å². The van der Waals surface area contributed by atoms with Gasteiger partial charge in [-0.2, -0.15) is 0 Å². The van der Waals surface area contributed by atoms with Crippen LogP contribution in [0.5, 0.6) is 0 Å². The number of hydrogen-bond acceptors (Lipinski definition) is 3. The predicted octanol–water partition coefficient (Wildman–Crippen LogP) is 0.313. The number of rotatable bonds is 3. The fraction of sp³-hybridized carbons (Fsp3) is 0.857. The Labute approximate surface area is 115 Å². The third-order valence-electron chi connectivity index (χ3n) is 4.37. The van der Waals surface area contributed by atoms with Gasteiger partial charge in [0.15, 0.2) is 0 Å². The van der Waals surface area contributed by atoms with Gasteiger partial charge in [-0.15, -0.1) is 0 Å². The Kier molecular flexibility index (Phi) is 4.80. The van der Waals surface area contributed by atoms with E-state index in [0.29, 0.717) is 25.4 Å². The van der Waals surface area contributed by atoms with Crippen molar-refractivity contribution in [1.29, 1.82) is 0 Å². The highest BCUT2D eigenvalue weighted by Gasteiger charge is 2.32. The Morgan fingerprint density at radius 1 is 1.16 bits per heavy atom. The first-order valence-electron chi connectivity index (χ1n) is 7.40. The summed E-state index contributed by atoms with van der Waals surface area (Å²) in [4.78, 5) is 28.0. The van der Waals surface area contributed by atoms with E-state index in [4.69, 9.17) is 0 Å². The molecular formula is C14H25N3O2. The molecule has 0 spiro atoms. The van der Waals surface area contributed by atoms with Crippen molar-refractivity contribution in [2.45, 2.75) is 26.7 Å². The molecule has 0 aromatic rings. The van der Waals surface area contributed by atoms with Gasteiger partial charge in [-0.05, 0) is 25.4 Å². The summed E-state index contributed by atoms with van der Waals surface area (Å²) in [7, 11) is 0. The van der Waals surface area contributed by atoms with E-state index < -0.39 is 0 Å². The molecule has 0 aromatic carbocycles. The van der Waals surface area contributed by atoms with E-state index >= 15 is 0 Å². The third-order valence-corrected chi connectivity index (χ3v) is 4.37. The van der Waals surface area contributed by atoms with Crippen molar-refractivity contribution in [1.82, 2.24) is 15.1 Å². The van der Waals surface area contributed by atoms with Gasteiger partial charge in [0.2, 0.25) is 11.8 Å². The topological polar surface area (TPSA) is 52.7 Å². The minimum absolute atomic E-state index is 0.106. The molecule has 2 saturated heterocycles. The zero-order chi connectivity index (χ0) is 13.8. The van der Waals surface area contributed by atoms with Gasteiger partial charge in [0.05, 0.1) is 0 Å².